The van der Waals surface area contributed by atoms with Crippen LogP contribution < -0.4 is 0 Å². The van der Waals surface area contributed by atoms with Gasteiger partial charge in [-0.2, -0.15) is 0 Å². The molecule has 0 aromatic carbocycles. The quantitative estimate of drug-likeness (QED) is 0.176. The number of rotatable bonds is 16. The fourth-order valence-electron chi connectivity index (χ4n) is 2.61. The minimum Gasteiger partial charge on any atom is -0.298 e. The Morgan fingerprint density at radius 3 is 1.40 bits per heavy atom. The van der Waals surface area contributed by atoms with Crippen LogP contribution in [0.25, 0.3) is 0 Å². The molecule has 0 heterocycles. The third kappa shape index (κ3) is 15.5. The lowest BCUT2D eigenvalue weighted by molar-refractivity contribution is -0.105. The van der Waals surface area contributed by atoms with Gasteiger partial charge in [-0.3, -0.25) is 4.79 Å². The molecule has 0 bridgehead atoms. The third-order valence-electron chi connectivity index (χ3n) is 4.02. The molecule has 0 radical (unpaired) electrons. The summed E-state index contributed by atoms with van der Waals surface area (Å²) in [6, 6.07) is 0. The van der Waals surface area contributed by atoms with Crippen LogP contribution >= 0.6 is 0 Å². The topological polar surface area (TPSA) is 17.1 Å². The molecular weight excluding hydrogens is 244 g/mol. The lowest BCUT2D eigenvalue weighted by Crippen LogP contribution is -1.85. The van der Waals surface area contributed by atoms with E-state index >= 15 is 0 Å². The highest BCUT2D eigenvalue weighted by atomic mass is 16.1. The number of carbonyl (C=O) groups excluding carboxylic acids is 1. The van der Waals surface area contributed by atoms with Gasteiger partial charge in [0.05, 0.1) is 0 Å². The van der Waals surface area contributed by atoms with Gasteiger partial charge in [0.15, 0.2) is 0 Å². The summed E-state index contributed by atoms with van der Waals surface area (Å²) < 4.78 is 0. The van der Waals surface area contributed by atoms with Crippen LogP contribution in [0.15, 0.2) is 12.2 Å². The molecule has 0 aliphatic heterocycles. The van der Waals surface area contributed by atoms with Crippen molar-refractivity contribution in [2.75, 3.05) is 0 Å². The Morgan fingerprint density at radius 1 is 0.700 bits per heavy atom. The van der Waals surface area contributed by atoms with Crippen LogP contribution in [0.1, 0.15) is 103 Å². The summed E-state index contributed by atoms with van der Waals surface area (Å²) >= 11 is 0. The smallest absolute Gasteiger partial charge is 0.145 e. The first-order chi connectivity index (χ1) is 9.81. The average Bonchev–Trinajstić information content (AvgIpc) is 2.47. The highest BCUT2D eigenvalue weighted by Gasteiger charge is 1.95. The molecule has 0 aromatic rings. The number of hydrogen-bond donors (Lipinski definition) is 0. The van der Waals surface area contributed by atoms with Gasteiger partial charge in [-0.25, -0.2) is 0 Å². The molecule has 0 amide bonds. The predicted octanol–water partition coefficient (Wildman–Crippen LogP) is 6.61. The summed E-state index contributed by atoms with van der Waals surface area (Å²) in [6.45, 7) is 5.98. The monoisotopic (exact) mass is 280 g/mol. The van der Waals surface area contributed by atoms with Gasteiger partial charge >= 0.3 is 0 Å². The summed E-state index contributed by atoms with van der Waals surface area (Å²) in [5.41, 5.74) is 0.754. The van der Waals surface area contributed by atoms with Crippen LogP contribution in [0.2, 0.25) is 0 Å². The zero-order chi connectivity index (χ0) is 14.9. The van der Waals surface area contributed by atoms with E-state index < -0.39 is 0 Å². The lowest BCUT2D eigenvalue weighted by atomic mass is 10.0. The third-order valence-corrected chi connectivity index (χ3v) is 4.02. The molecule has 0 saturated carbocycles. The number of allylic oxidation sites excluding steroid dienone is 1. The van der Waals surface area contributed by atoms with Crippen molar-refractivity contribution in [3.8, 4) is 0 Å². The van der Waals surface area contributed by atoms with E-state index in [-0.39, 0.29) is 0 Å². The second kappa shape index (κ2) is 16.5. The van der Waals surface area contributed by atoms with Gasteiger partial charge in [0, 0.05) is 0 Å². The van der Waals surface area contributed by atoms with Crippen LogP contribution in [-0.4, -0.2) is 6.29 Å². The van der Waals surface area contributed by atoms with Crippen molar-refractivity contribution in [2.45, 2.75) is 103 Å². The number of aldehydes is 1. The van der Waals surface area contributed by atoms with E-state index in [9.17, 15) is 4.79 Å². The van der Waals surface area contributed by atoms with Gasteiger partial charge in [-0.1, -0.05) is 97.0 Å². The molecule has 0 aliphatic carbocycles. The van der Waals surface area contributed by atoms with Gasteiger partial charge in [-0.05, 0) is 18.4 Å². The van der Waals surface area contributed by atoms with E-state index in [0.717, 1.165) is 24.7 Å². The van der Waals surface area contributed by atoms with Gasteiger partial charge < -0.3 is 0 Å². The first-order valence-corrected chi connectivity index (χ1v) is 8.94. The largest absolute Gasteiger partial charge is 0.298 e. The molecule has 0 atom stereocenters. The normalized spacial score (nSPS) is 10.7. The molecule has 0 unspecified atom stereocenters. The van der Waals surface area contributed by atoms with Gasteiger partial charge in [0.25, 0.3) is 0 Å². The van der Waals surface area contributed by atoms with Gasteiger partial charge in [0.2, 0.25) is 0 Å². The van der Waals surface area contributed by atoms with E-state index in [0.29, 0.717) is 0 Å². The molecule has 20 heavy (non-hydrogen) atoms. The Bertz CT molecular complexity index is 220. The van der Waals surface area contributed by atoms with Crippen LogP contribution in [0.5, 0.6) is 0 Å². The van der Waals surface area contributed by atoms with Crippen molar-refractivity contribution in [3.63, 3.8) is 0 Å². The molecule has 0 rings (SSSR count). The van der Waals surface area contributed by atoms with E-state index in [4.69, 9.17) is 0 Å². The maximum Gasteiger partial charge on any atom is 0.145 e. The van der Waals surface area contributed by atoms with E-state index in [1.54, 1.807) is 0 Å². The fraction of sp³-hybridized carbons (Fsp3) is 0.842. The number of hydrogen-bond acceptors (Lipinski definition) is 1. The summed E-state index contributed by atoms with van der Waals surface area (Å²) in [7, 11) is 0. The van der Waals surface area contributed by atoms with E-state index in [1.807, 2.05) is 0 Å². The van der Waals surface area contributed by atoms with Gasteiger partial charge in [-0.15, -0.1) is 0 Å². The van der Waals surface area contributed by atoms with Crippen LogP contribution in [0.4, 0.5) is 0 Å². The molecule has 0 N–H and O–H groups in total. The minimum absolute atomic E-state index is 0.754. The molecule has 0 aromatic heterocycles. The molecule has 1 nitrogen and oxygen atoms in total. The number of carbonyl (C=O) groups is 1. The Balaban J connectivity index is 2.99. The zero-order valence-corrected chi connectivity index (χ0v) is 13.8. The Hall–Kier alpha value is -0.590. The molecule has 0 spiro atoms. The minimum atomic E-state index is 0.754. The summed E-state index contributed by atoms with van der Waals surface area (Å²) in [5, 5.41) is 0. The predicted molar refractivity (Wildman–Crippen MR) is 90.1 cm³/mol. The highest BCUT2D eigenvalue weighted by Crippen LogP contribution is 2.13. The SMILES string of the molecule is C=C(C=O)CCCCCCCCCCCCCCCC. The van der Waals surface area contributed by atoms with Crippen molar-refractivity contribution in [1.29, 1.82) is 0 Å². The Kier molecular flexibility index (Phi) is 16.0. The van der Waals surface area contributed by atoms with Crippen LogP contribution in [-0.2, 0) is 4.79 Å². The average molecular weight is 280 g/mol. The van der Waals surface area contributed by atoms with Gasteiger partial charge in [0.1, 0.15) is 6.29 Å². The molecule has 118 valence electrons. The molecular formula is C19H36O. The summed E-state index contributed by atoms with van der Waals surface area (Å²) in [5.74, 6) is 0. The second-order valence-corrected chi connectivity index (χ2v) is 6.12. The van der Waals surface area contributed by atoms with E-state index in [2.05, 4.69) is 13.5 Å². The van der Waals surface area contributed by atoms with Crippen molar-refractivity contribution in [1.82, 2.24) is 0 Å². The maximum absolute atomic E-state index is 10.4. The Labute approximate surface area is 127 Å². The molecule has 0 saturated heterocycles. The first kappa shape index (κ1) is 19.4. The lowest BCUT2D eigenvalue weighted by Gasteiger charge is -2.03. The summed E-state index contributed by atoms with van der Waals surface area (Å²) in [6.07, 6.45) is 21.1. The maximum atomic E-state index is 10.4. The highest BCUT2D eigenvalue weighted by molar-refractivity contribution is 5.71. The van der Waals surface area contributed by atoms with E-state index in [1.165, 1.54) is 83.5 Å². The van der Waals surface area contributed by atoms with Crippen molar-refractivity contribution in [3.05, 3.63) is 12.2 Å². The molecule has 0 aliphatic rings. The zero-order valence-electron chi connectivity index (χ0n) is 13.8. The second-order valence-electron chi connectivity index (χ2n) is 6.12. The van der Waals surface area contributed by atoms with Crippen molar-refractivity contribution >= 4 is 6.29 Å². The molecule has 1 heteroatoms. The molecule has 0 fully saturated rings. The summed E-state index contributed by atoms with van der Waals surface area (Å²) in [4.78, 5) is 10.4. The standard InChI is InChI=1S/C19H36O/c1-3-4-5-6-7-8-9-10-11-12-13-14-15-16-17-19(2)18-20/h18H,2-17H2,1H3. The van der Waals surface area contributed by atoms with Crippen molar-refractivity contribution < 1.29 is 4.79 Å². The number of unbranched alkanes of at least 4 members (excludes halogenated alkanes) is 13. The van der Waals surface area contributed by atoms with Crippen LogP contribution in [0, 0.1) is 0 Å². The fourth-order valence-corrected chi connectivity index (χ4v) is 2.61. The van der Waals surface area contributed by atoms with Crippen LogP contribution in [0.3, 0.4) is 0 Å². The first-order valence-electron chi connectivity index (χ1n) is 8.94. The van der Waals surface area contributed by atoms with Crippen molar-refractivity contribution in [2.24, 2.45) is 0 Å². The Morgan fingerprint density at radius 2 is 1.05 bits per heavy atom.